The molecule has 0 radical (unpaired) electrons. The molecule has 7 heteroatoms. The van der Waals surface area contributed by atoms with Crippen LogP contribution in [0.1, 0.15) is 22.3 Å². The minimum atomic E-state index is -3.46. The van der Waals surface area contributed by atoms with E-state index in [0.717, 1.165) is 18.7 Å². The number of hydrogen-bond donors (Lipinski definition) is 3. The Labute approximate surface area is 112 Å². The molecule has 0 fully saturated rings. The molecule has 1 aliphatic rings. The first kappa shape index (κ1) is 13.8. The van der Waals surface area contributed by atoms with Crippen LogP contribution in [0.5, 0.6) is 0 Å². The first-order valence-electron chi connectivity index (χ1n) is 6.11. The number of fused-ring (bicyclic) bond motifs is 1. The minimum absolute atomic E-state index is 0.126. The molecule has 0 saturated carbocycles. The predicted molar refractivity (Wildman–Crippen MR) is 73.6 cm³/mol. The van der Waals surface area contributed by atoms with E-state index in [0.29, 0.717) is 18.5 Å². The molecule has 19 heavy (non-hydrogen) atoms. The maximum atomic E-state index is 11.8. The maximum Gasteiger partial charge on any atom is 0.251 e. The highest BCUT2D eigenvalue weighted by molar-refractivity contribution is 7.89. The van der Waals surface area contributed by atoms with E-state index in [1.165, 1.54) is 5.56 Å². The Hall–Kier alpha value is -1.60. The zero-order valence-electron chi connectivity index (χ0n) is 10.5. The summed E-state index contributed by atoms with van der Waals surface area (Å²) in [7, 11) is -3.46. The van der Waals surface area contributed by atoms with Crippen LogP contribution >= 0.6 is 0 Å². The molecule has 0 saturated heterocycles. The van der Waals surface area contributed by atoms with E-state index in [1.54, 1.807) is 6.07 Å². The number of amides is 1. The summed E-state index contributed by atoms with van der Waals surface area (Å²) in [5, 5.41) is 10.8. The molecule has 0 aromatic heterocycles. The third kappa shape index (κ3) is 3.93. The zero-order chi connectivity index (χ0) is 13.9. The fourth-order valence-electron chi connectivity index (χ4n) is 2.01. The molecular weight excluding hydrogens is 266 g/mol. The van der Waals surface area contributed by atoms with Gasteiger partial charge < -0.3 is 10.6 Å². The Morgan fingerprint density at radius 1 is 1.42 bits per heavy atom. The summed E-state index contributed by atoms with van der Waals surface area (Å²) in [5.74, 6) is -0.329. The number of carbonyl (C=O) groups is 1. The second kappa shape index (κ2) is 5.58. The van der Waals surface area contributed by atoms with Gasteiger partial charge in [-0.25, -0.2) is 13.6 Å². The third-order valence-electron chi connectivity index (χ3n) is 2.97. The van der Waals surface area contributed by atoms with E-state index < -0.39 is 10.0 Å². The summed E-state index contributed by atoms with van der Waals surface area (Å²) in [6, 6.07) is 5.53. The van der Waals surface area contributed by atoms with Crippen LogP contribution < -0.4 is 15.8 Å². The molecule has 0 unspecified atom stereocenters. The number of primary sulfonamides is 1. The van der Waals surface area contributed by atoms with Gasteiger partial charge in [-0.1, -0.05) is 6.07 Å². The van der Waals surface area contributed by atoms with Crippen molar-refractivity contribution in [1.82, 2.24) is 5.32 Å². The smallest absolute Gasteiger partial charge is 0.251 e. The highest BCUT2D eigenvalue weighted by Gasteiger charge is 2.13. The van der Waals surface area contributed by atoms with E-state index in [-0.39, 0.29) is 11.7 Å². The van der Waals surface area contributed by atoms with Crippen LogP contribution in [0.25, 0.3) is 0 Å². The van der Waals surface area contributed by atoms with Gasteiger partial charge in [-0.05, 0) is 30.5 Å². The third-order valence-corrected chi connectivity index (χ3v) is 3.83. The first-order valence-corrected chi connectivity index (χ1v) is 7.83. The number of benzene rings is 1. The predicted octanol–water partition coefficient (Wildman–Crippen LogP) is 0.0630. The number of rotatable bonds is 5. The molecular formula is C12H17N3O3S. The van der Waals surface area contributed by atoms with Crippen LogP contribution in [-0.4, -0.2) is 33.2 Å². The lowest BCUT2D eigenvalue weighted by Crippen LogP contribution is -2.27. The number of hydrogen-bond acceptors (Lipinski definition) is 4. The van der Waals surface area contributed by atoms with Crippen molar-refractivity contribution in [2.45, 2.75) is 12.8 Å². The average molecular weight is 283 g/mol. The van der Waals surface area contributed by atoms with Gasteiger partial charge in [0.25, 0.3) is 5.91 Å². The molecule has 0 bridgehead atoms. The van der Waals surface area contributed by atoms with Crippen molar-refractivity contribution in [3.63, 3.8) is 0 Å². The van der Waals surface area contributed by atoms with Crippen LogP contribution in [0.15, 0.2) is 18.2 Å². The monoisotopic (exact) mass is 283 g/mol. The Morgan fingerprint density at radius 2 is 2.21 bits per heavy atom. The van der Waals surface area contributed by atoms with Gasteiger partial charge in [0.05, 0.1) is 5.75 Å². The number of anilines is 1. The number of nitrogens with two attached hydrogens (primary N) is 1. The highest BCUT2D eigenvalue weighted by Crippen LogP contribution is 2.22. The van der Waals surface area contributed by atoms with Crippen molar-refractivity contribution in [3.05, 3.63) is 29.3 Å². The van der Waals surface area contributed by atoms with Crippen molar-refractivity contribution in [1.29, 1.82) is 0 Å². The van der Waals surface area contributed by atoms with Crippen LogP contribution in [-0.2, 0) is 16.4 Å². The second-order valence-electron chi connectivity index (χ2n) is 4.53. The lowest BCUT2D eigenvalue weighted by molar-refractivity contribution is 0.0953. The van der Waals surface area contributed by atoms with Crippen LogP contribution in [0, 0.1) is 0 Å². The van der Waals surface area contributed by atoms with Crippen LogP contribution in [0.4, 0.5) is 5.69 Å². The lowest BCUT2D eigenvalue weighted by atomic mass is 10.1. The standard InChI is InChI=1S/C12H17N3O3S/c13-19(17,18)7-1-5-15-12(16)10-3-2-9-4-6-14-11(9)8-10/h2-3,8,14H,1,4-7H2,(H,15,16)(H2,13,17,18). The van der Waals surface area contributed by atoms with Gasteiger partial charge in [-0.3, -0.25) is 4.79 Å². The zero-order valence-corrected chi connectivity index (χ0v) is 11.3. The Balaban J connectivity index is 1.87. The van der Waals surface area contributed by atoms with Crippen LogP contribution in [0.3, 0.4) is 0 Å². The first-order chi connectivity index (χ1) is 8.96. The normalized spacial score (nSPS) is 13.7. The molecule has 1 aromatic carbocycles. The summed E-state index contributed by atoms with van der Waals surface area (Å²) in [5.41, 5.74) is 2.78. The van der Waals surface area contributed by atoms with Gasteiger partial charge >= 0.3 is 0 Å². The maximum absolute atomic E-state index is 11.8. The van der Waals surface area contributed by atoms with Gasteiger partial charge in [0.1, 0.15) is 0 Å². The molecule has 2 rings (SSSR count). The van der Waals surface area contributed by atoms with Crippen molar-refractivity contribution in [2.24, 2.45) is 5.14 Å². The fraction of sp³-hybridized carbons (Fsp3) is 0.417. The van der Waals surface area contributed by atoms with E-state index in [9.17, 15) is 13.2 Å². The van der Waals surface area contributed by atoms with Crippen molar-refractivity contribution in [2.75, 3.05) is 24.2 Å². The topological polar surface area (TPSA) is 101 Å². The van der Waals surface area contributed by atoms with Crippen molar-refractivity contribution >= 4 is 21.6 Å². The van der Waals surface area contributed by atoms with Crippen molar-refractivity contribution < 1.29 is 13.2 Å². The Morgan fingerprint density at radius 3 is 2.95 bits per heavy atom. The number of nitrogens with one attached hydrogen (secondary N) is 2. The molecule has 0 spiro atoms. The molecule has 1 aromatic rings. The van der Waals surface area contributed by atoms with E-state index in [4.69, 9.17) is 5.14 Å². The highest BCUT2D eigenvalue weighted by atomic mass is 32.2. The van der Waals surface area contributed by atoms with E-state index in [2.05, 4.69) is 10.6 Å². The molecule has 0 aliphatic carbocycles. The summed E-state index contributed by atoms with van der Waals surface area (Å²) in [6.45, 7) is 1.19. The van der Waals surface area contributed by atoms with Crippen molar-refractivity contribution in [3.8, 4) is 0 Å². The summed E-state index contributed by atoms with van der Waals surface area (Å²) in [6.07, 6.45) is 1.29. The van der Waals surface area contributed by atoms with Gasteiger partial charge in [-0.15, -0.1) is 0 Å². The molecule has 6 nitrogen and oxygen atoms in total. The Bertz CT molecular complexity index is 584. The average Bonchev–Trinajstić information content (AvgIpc) is 2.80. The number of carbonyl (C=O) groups excluding carboxylic acids is 1. The second-order valence-corrected chi connectivity index (χ2v) is 6.26. The molecule has 1 heterocycles. The molecule has 0 atom stereocenters. The quantitative estimate of drug-likeness (QED) is 0.665. The van der Waals surface area contributed by atoms with Gasteiger partial charge in [0.2, 0.25) is 10.0 Å². The van der Waals surface area contributed by atoms with E-state index >= 15 is 0 Å². The van der Waals surface area contributed by atoms with E-state index in [1.807, 2.05) is 12.1 Å². The lowest BCUT2D eigenvalue weighted by Gasteiger charge is -2.06. The molecule has 1 aliphatic heterocycles. The van der Waals surface area contributed by atoms with Gasteiger partial charge in [0.15, 0.2) is 0 Å². The Kier molecular flexibility index (Phi) is 4.06. The SMILES string of the molecule is NS(=O)(=O)CCCNC(=O)c1ccc2c(c1)NCC2. The van der Waals surface area contributed by atoms with Gasteiger partial charge in [-0.2, -0.15) is 0 Å². The largest absolute Gasteiger partial charge is 0.384 e. The molecule has 4 N–H and O–H groups in total. The fourth-order valence-corrected chi connectivity index (χ4v) is 2.56. The molecule has 1 amide bonds. The summed E-state index contributed by atoms with van der Waals surface area (Å²) >= 11 is 0. The summed E-state index contributed by atoms with van der Waals surface area (Å²) in [4.78, 5) is 11.8. The van der Waals surface area contributed by atoms with Gasteiger partial charge in [0, 0.05) is 24.3 Å². The van der Waals surface area contributed by atoms with Crippen LogP contribution in [0.2, 0.25) is 0 Å². The summed E-state index contributed by atoms with van der Waals surface area (Å²) < 4.78 is 21.5. The minimum Gasteiger partial charge on any atom is -0.384 e. The molecule has 104 valence electrons. The number of sulfonamides is 1.